The maximum Gasteiger partial charge on any atom is 0.410 e. The maximum absolute atomic E-state index is 12.3. The summed E-state index contributed by atoms with van der Waals surface area (Å²) in [6.45, 7) is 7.49. The van der Waals surface area contributed by atoms with Gasteiger partial charge >= 0.3 is 6.09 Å². The molecule has 120 valence electrons. The van der Waals surface area contributed by atoms with Crippen molar-refractivity contribution >= 4 is 6.09 Å². The summed E-state index contributed by atoms with van der Waals surface area (Å²) >= 11 is 0. The number of amides is 1. The molecule has 3 aliphatic carbocycles. The van der Waals surface area contributed by atoms with Crippen LogP contribution < -0.4 is 5.32 Å². The van der Waals surface area contributed by atoms with Crippen LogP contribution in [0.25, 0.3) is 0 Å². The van der Waals surface area contributed by atoms with Crippen molar-refractivity contribution in [3.05, 3.63) is 0 Å². The van der Waals surface area contributed by atoms with Gasteiger partial charge in [-0.25, -0.2) is 4.79 Å². The summed E-state index contributed by atoms with van der Waals surface area (Å²) < 4.78 is 5.53. The fraction of sp³-hybridized carbons (Fsp3) is 0.941. The Hall–Kier alpha value is -0.770. The lowest BCUT2D eigenvalue weighted by atomic mass is 9.95. The maximum atomic E-state index is 12.3. The molecule has 0 aromatic rings. The van der Waals surface area contributed by atoms with Gasteiger partial charge in [0, 0.05) is 25.2 Å². The molecule has 2 bridgehead atoms. The molecular formula is C17H30N2O2. The van der Waals surface area contributed by atoms with Crippen LogP contribution in [-0.2, 0) is 4.74 Å². The van der Waals surface area contributed by atoms with Gasteiger partial charge in [-0.05, 0) is 64.7 Å². The van der Waals surface area contributed by atoms with Crippen LogP contribution in [0.5, 0.6) is 0 Å². The zero-order valence-corrected chi connectivity index (χ0v) is 13.7. The number of fused-ring (bicyclic) bond motifs is 2. The number of hydrogen-bond acceptors (Lipinski definition) is 3. The molecule has 1 N–H and O–H groups in total. The highest BCUT2D eigenvalue weighted by atomic mass is 16.6. The third-order valence-electron chi connectivity index (χ3n) is 5.11. The molecule has 0 spiro atoms. The Kier molecular flexibility index (Phi) is 4.17. The van der Waals surface area contributed by atoms with Gasteiger partial charge in [0.25, 0.3) is 0 Å². The molecule has 0 aromatic heterocycles. The fourth-order valence-corrected chi connectivity index (χ4v) is 3.99. The molecule has 3 rings (SSSR count). The Morgan fingerprint density at radius 3 is 2.48 bits per heavy atom. The first-order valence-electron chi connectivity index (χ1n) is 8.65. The van der Waals surface area contributed by atoms with Crippen LogP contribution in [0.3, 0.4) is 0 Å². The van der Waals surface area contributed by atoms with E-state index in [0.717, 1.165) is 37.8 Å². The van der Waals surface area contributed by atoms with Crippen molar-refractivity contribution in [2.24, 2.45) is 11.8 Å². The molecule has 3 atom stereocenters. The highest BCUT2D eigenvalue weighted by Gasteiger charge is 2.39. The second kappa shape index (κ2) is 5.79. The van der Waals surface area contributed by atoms with E-state index in [1.54, 1.807) is 0 Å². The van der Waals surface area contributed by atoms with E-state index in [1.165, 1.54) is 25.7 Å². The predicted octanol–water partition coefficient (Wildman–Crippen LogP) is 3.16. The van der Waals surface area contributed by atoms with Gasteiger partial charge in [-0.15, -0.1) is 0 Å². The third-order valence-corrected chi connectivity index (χ3v) is 5.11. The molecule has 3 unspecified atom stereocenters. The largest absolute Gasteiger partial charge is 0.444 e. The van der Waals surface area contributed by atoms with Crippen LogP contribution in [0.15, 0.2) is 0 Å². The second-order valence-corrected chi connectivity index (χ2v) is 8.14. The summed E-state index contributed by atoms with van der Waals surface area (Å²) in [7, 11) is 0. The number of ether oxygens (including phenoxy) is 1. The third kappa shape index (κ3) is 3.91. The van der Waals surface area contributed by atoms with E-state index in [2.05, 4.69) is 5.32 Å². The molecule has 3 saturated carbocycles. The van der Waals surface area contributed by atoms with Crippen LogP contribution in [0.1, 0.15) is 59.3 Å². The van der Waals surface area contributed by atoms with Gasteiger partial charge in [0.1, 0.15) is 5.60 Å². The van der Waals surface area contributed by atoms with Crippen molar-refractivity contribution in [1.29, 1.82) is 0 Å². The van der Waals surface area contributed by atoms with E-state index in [9.17, 15) is 4.79 Å². The van der Waals surface area contributed by atoms with Crippen LogP contribution in [0, 0.1) is 11.8 Å². The molecule has 4 heteroatoms. The topological polar surface area (TPSA) is 41.6 Å². The minimum Gasteiger partial charge on any atom is -0.444 e. The SMILES string of the molecule is CC(C)(C)OC(=O)N(CCNC1CC2CCC1C2)C1CC1. The van der Waals surface area contributed by atoms with E-state index in [-0.39, 0.29) is 6.09 Å². The molecule has 3 aliphatic rings. The lowest BCUT2D eigenvalue weighted by molar-refractivity contribution is 0.0233. The van der Waals surface area contributed by atoms with E-state index in [0.29, 0.717) is 12.1 Å². The fourth-order valence-electron chi connectivity index (χ4n) is 3.99. The Bertz CT molecular complexity index is 387. The summed E-state index contributed by atoms with van der Waals surface area (Å²) in [5, 5.41) is 3.69. The highest BCUT2D eigenvalue weighted by molar-refractivity contribution is 5.69. The molecule has 1 amide bonds. The van der Waals surface area contributed by atoms with Gasteiger partial charge in [-0.3, -0.25) is 0 Å². The van der Waals surface area contributed by atoms with Crippen molar-refractivity contribution in [3.8, 4) is 0 Å². The molecule has 0 aromatic carbocycles. The van der Waals surface area contributed by atoms with Crippen molar-refractivity contribution in [3.63, 3.8) is 0 Å². The Labute approximate surface area is 128 Å². The van der Waals surface area contributed by atoms with Gasteiger partial charge in [0.15, 0.2) is 0 Å². The van der Waals surface area contributed by atoms with Gasteiger partial charge in [0.2, 0.25) is 0 Å². The highest BCUT2D eigenvalue weighted by Crippen LogP contribution is 2.44. The average Bonchev–Trinajstić information content (AvgIpc) is 2.99. The molecule has 0 saturated heterocycles. The predicted molar refractivity (Wildman–Crippen MR) is 83.2 cm³/mol. The van der Waals surface area contributed by atoms with Crippen LogP contribution in [0.2, 0.25) is 0 Å². The van der Waals surface area contributed by atoms with Crippen molar-refractivity contribution in [2.75, 3.05) is 13.1 Å². The van der Waals surface area contributed by atoms with Gasteiger partial charge in [-0.2, -0.15) is 0 Å². The summed E-state index contributed by atoms with van der Waals surface area (Å²) in [5.41, 5.74) is -0.401. The summed E-state index contributed by atoms with van der Waals surface area (Å²) in [6, 6.07) is 1.12. The quantitative estimate of drug-likeness (QED) is 0.847. The average molecular weight is 294 g/mol. The number of hydrogen-bond donors (Lipinski definition) is 1. The Balaban J connectivity index is 1.44. The van der Waals surface area contributed by atoms with E-state index in [1.807, 2.05) is 25.7 Å². The lowest BCUT2D eigenvalue weighted by Gasteiger charge is -2.29. The zero-order chi connectivity index (χ0) is 15.0. The molecule has 0 aliphatic heterocycles. The normalized spacial score (nSPS) is 31.5. The summed E-state index contributed by atoms with van der Waals surface area (Å²) in [6.07, 6.45) is 7.74. The number of rotatable bonds is 5. The van der Waals surface area contributed by atoms with Gasteiger partial charge in [-0.1, -0.05) is 6.42 Å². The van der Waals surface area contributed by atoms with Crippen LogP contribution >= 0.6 is 0 Å². The van der Waals surface area contributed by atoms with Gasteiger partial charge in [0.05, 0.1) is 0 Å². The summed E-state index contributed by atoms with van der Waals surface area (Å²) in [4.78, 5) is 14.2. The number of carbonyl (C=O) groups excluding carboxylic acids is 1. The monoisotopic (exact) mass is 294 g/mol. The standard InChI is InChI=1S/C17H30N2O2/c1-17(2,3)21-16(20)19(14-6-7-14)9-8-18-15-11-12-4-5-13(15)10-12/h12-15,18H,4-11H2,1-3H3. The smallest absolute Gasteiger partial charge is 0.410 e. The number of nitrogens with zero attached hydrogens (tertiary/aromatic N) is 1. The molecule has 3 fully saturated rings. The summed E-state index contributed by atoms with van der Waals surface area (Å²) in [5.74, 6) is 1.86. The molecule has 0 radical (unpaired) electrons. The first-order valence-corrected chi connectivity index (χ1v) is 8.65. The number of carbonyl (C=O) groups is 1. The minimum absolute atomic E-state index is 0.139. The minimum atomic E-state index is -0.401. The van der Waals surface area contributed by atoms with Crippen LogP contribution in [-0.4, -0.2) is 41.8 Å². The first-order chi connectivity index (χ1) is 9.92. The molecule has 0 heterocycles. The molecular weight excluding hydrogens is 264 g/mol. The second-order valence-electron chi connectivity index (χ2n) is 8.14. The number of nitrogens with one attached hydrogen (secondary N) is 1. The van der Waals surface area contributed by atoms with Crippen molar-refractivity contribution in [2.45, 2.75) is 77.0 Å². The van der Waals surface area contributed by atoms with E-state index in [4.69, 9.17) is 4.74 Å². The van der Waals surface area contributed by atoms with Crippen molar-refractivity contribution < 1.29 is 9.53 Å². The zero-order valence-electron chi connectivity index (χ0n) is 13.7. The lowest BCUT2D eigenvalue weighted by Crippen LogP contribution is -2.44. The van der Waals surface area contributed by atoms with Gasteiger partial charge < -0.3 is 15.0 Å². The molecule has 21 heavy (non-hydrogen) atoms. The Morgan fingerprint density at radius 1 is 1.19 bits per heavy atom. The van der Waals surface area contributed by atoms with E-state index < -0.39 is 5.60 Å². The first kappa shape index (κ1) is 15.1. The van der Waals surface area contributed by atoms with Crippen molar-refractivity contribution in [1.82, 2.24) is 10.2 Å². The Morgan fingerprint density at radius 2 is 1.95 bits per heavy atom. The van der Waals surface area contributed by atoms with Crippen LogP contribution in [0.4, 0.5) is 4.79 Å². The van der Waals surface area contributed by atoms with E-state index >= 15 is 0 Å². The molecule has 4 nitrogen and oxygen atoms in total.